The highest BCUT2D eigenvalue weighted by Gasteiger charge is 2.35. The number of carboxylic acid groups (broad SMARTS) is 1. The normalized spacial score (nSPS) is 22.9. The minimum absolute atomic E-state index is 0.00562. The molecule has 0 aliphatic carbocycles. The minimum atomic E-state index is -0.732. The van der Waals surface area contributed by atoms with E-state index in [1.165, 1.54) is 7.11 Å². The summed E-state index contributed by atoms with van der Waals surface area (Å²) in [6.07, 6.45) is 0.674. The summed E-state index contributed by atoms with van der Waals surface area (Å²) in [4.78, 5) is 13.3. The van der Waals surface area contributed by atoms with E-state index in [0.717, 1.165) is 12.1 Å². The Morgan fingerprint density at radius 1 is 1.55 bits per heavy atom. The lowest BCUT2D eigenvalue weighted by Crippen LogP contribution is -2.32. The van der Waals surface area contributed by atoms with Crippen LogP contribution in [0.15, 0.2) is 16.6 Å². The average molecular weight is 344 g/mol. The van der Waals surface area contributed by atoms with Crippen molar-refractivity contribution >= 4 is 21.9 Å². The van der Waals surface area contributed by atoms with Crippen LogP contribution in [0.4, 0.5) is 0 Å². The lowest BCUT2D eigenvalue weighted by molar-refractivity contribution is -0.142. The van der Waals surface area contributed by atoms with Gasteiger partial charge in [-0.25, -0.2) is 0 Å². The zero-order chi connectivity index (χ0) is 14.9. The highest BCUT2D eigenvalue weighted by molar-refractivity contribution is 9.10. The largest absolute Gasteiger partial charge is 0.503 e. The van der Waals surface area contributed by atoms with E-state index in [-0.39, 0.29) is 17.7 Å². The Kier molecular flexibility index (Phi) is 4.55. The number of likely N-dealkylation sites (tertiary alicyclic amines) is 1. The molecule has 2 rings (SSSR count). The molecule has 1 aliphatic rings. The fourth-order valence-corrected chi connectivity index (χ4v) is 3.16. The van der Waals surface area contributed by atoms with Crippen molar-refractivity contribution < 1.29 is 19.7 Å². The first-order chi connectivity index (χ1) is 9.43. The topological polar surface area (TPSA) is 70.0 Å². The molecule has 1 aliphatic heterocycles. The molecule has 1 aromatic carbocycles. The second kappa shape index (κ2) is 6.01. The Morgan fingerprint density at radius 2 is 2.25 bits per heavy atom. The molecule has 0 bridgehead atoms. The number of halogens is 1. The van der Waals surface area contributed by atoms with Crippen LogP contribution in [0.5, 0.6) is 11.5 Å². The quantitative estimate of drug-likeness (QED) is 0.878. The van der Waals surface area contributed by atoms with Crippen molar-refractivity contribution in [1.82, 2.24) is 4.90 Å². The van der Waals surface area contributed by atoms with Gasteiger partial charge in [0.05, 0.1) is 17.5 Å². The number of phenols is 1. The van der Waals surface area contributed by atoms with E-state index in [1.54, 1.807) is 6.07 Å². The maximum absolute atomic E-state index is 11.1. The van der Waals surface area contributed by atoms with Crippen LogP contribution in [0.1, 0.15) is 18.9 Å². The zero-order valence-electron chi connectivity index (χ0n) is 11.5. The molecule has 1 fully saturated rings. The van der Waals surface area contributed by atoms with Crippen LogP contribution < -0.4 is 4.74 Å². The molecule has 2 atom stereocenters. The molecule has 2 unspecified atom stereocenters. The maximum atomic E-state index is 11.1. The first-order valence-corrected chi connectivity index (χ1v) is 7.25. The van der Waals surface area contributed by atoms with E-state index in [4.69, 9.17) is 9.84 Å². The molecular weight excluding hydrogens is 326 g/mol. The number of aliphatic carboxylic acids is 1. The summed E-state index contributed by atoms with van der Waals surface area (Å²) < 4.78 is 5.70. The van der Waals surface area contributed by atoms with Crippen molar-refractivity contribution in [3.63, 3.8) is 0 Å². The van der Waals surface area contributed by atoms with Crippen LogP contribution in [-0.2, 0) is 11.3 Å². The summed E-state index contributed by atoms with van der Waals surface area (Å²) >= 11 is 3.29. The van der Waals surface area contributed by atoms with Crippen LogP contribution >= 0.6 is 15.9 Å². The van der Waals surface area contributed by atoms with Gasteiger partial charge in [-0.3, -0.25) is 9.69 Å². The van der Waals surface area contributed by atoms with Gasteiger partial charge in [-0.2, -0.15) is 0 Å². The average Bonchev–Trinajstić information content (AvgIpc) is 2.75. The van der Waals surface area contributed by atoms with Gasteiger partial charge in [-0.1, -0.05) is 0 Å². The lowest BCUT2D eigenvalue weighted by atomic mass is 10.0. The smallest absolute Gasteiger partial charge is 0.308 e. The Hall–Kier alpha value is -1.27. The summed E-state index contributed by atoms with van der Waals surface area (Å²) in [6, 6.07) is 3.62. The summed E-state index contributed by atoms with van der Waals surface area (Å²) in [7, 11) is 1.50. The summed E-state index contributed by atoms with van der Waals surface area (Å²) in [6.45, 7) is 3.34. The van der Waals surface area contributed by atoms with Crippen LogP contribution in [0.3, 0.4) is 0 Å². The molecule has 1 aromatic rings. The third kappa shape index (κ3) is 2.91. The maximum Gasteiger partial charge on any atom is 0.308 e. The minimum Gasteiger partial charge on any atom is -0.503 e. The van der Waals surface area contributed by atoms with E-state index < -0.39 is 5.97 Å². The number of ether oxygens (including phenoxy) is 1. The second-order valence-corrected chi connectivity index (χ2v) is 5.93. The molecule has 110 valence electrons. The number of methoxy groups -OCH3 is 1. The molecular formula is C14H18BrNO4. The van der Waals surface area contributed by atoms with E-state index in [1.807, 2.05) is 13.0 Å². The van der Waals surface area contributed by atoms with E-state index >= 15 is 0 Å². The molecule has 0 aromatic heterocycles. The van der Waals surface area contributed by atoms with E-state index in [2.05, 4.69) is 20.8 Å². The number of phenolic OH excluding ortho intramolecular Hbond substituents is 1. The van der Waals surface area contributed by atoms with Crippen LogP contribution in [0.2, 0.25) is 0 Å². The first-order valence-electron chi connectivity index (χ1n) is 6.46. The van der Waals surface area contributed by atoms with Crippen molar-refractivity contribution in [2.45, 2.75) is 25.9 Å². The molecule has 0 radical (unpaired) electrons. The van der Waals surface area contributed by atoms with Gasteiger partial charge in [-0.15, -0.1) is 0 Å². The number of benzene rings is 1. The van der Waals surface area contributed by atoms with Gasteiger partial charge in [0.1, 0.15) is 0 Å². The number of rotatable bonds is 4. The van der Waals surface area contributed by atoms with Gasteiger partial charge in [0.25, 0.3) is 0 Å². The fourth-order valence-electron chi connectivity index (χ4n) is 2.67. The number of hydrogen-bond donors (Lipinski definition) is 2. The molecule has 0 amide bonds. The molecule has 0 spiro atoms. The molecule has 0 saturated carbocycles. The Labute approximate surface area is 126 Å². The van der Waals surface area contributed by atoms with Gasteiger partial charge in [0, 0.05) is 12.6 Å². The lowest BCUT2D eigenvalue weighted by Gasteiger charge is -2.23. The van der Waals surface area contributed by atoms with Gasteiger partial charge < -0.3 is 14.9 Å². The van der Waals surface area contributed by atoms with E-state index in [0.29, 0.717) is 23.2 Å². The predicted molar refractivity (Wildman–Crippen MR) is 78.0 cm³/mol. The fraction of sp³-hybridized carbons (Fsp3) is 0.500. The van der Waals surface area contributed by atoms with Crippen LogP contribution in [0.25, 0.3) is 0 Å². The standard InChI is InChI=1S/C14H18BrNO4/c1-8-10(14(18)19)3-4-16(8)7-9-5-11(15)13(17)12(6-9)20-2/h5-6,8,10,17H,3-4,7H2,1-2H3,(H,18,19). The molecule has 6 heteroatoms. The number of hydrogen-bond acceptors (Lipinski definition) is 4. The third-order valence-corrected chi connectivity index (χ3v) is 4.50. The van der Waals surface area contributed by atoms with Crippen molar-refractivity contribution in [1.29, 1.82) is 0 Å². The van der Waals surface area contributed by atoms with Gasteiger partial charge in [-0.05, 0) is 53.5 Å². The van der Waals surface area contributed by atoms with Crippen molar-refractivity contribution in [2.75, 3.05) is 13.7 Å². The highest BCUT2D eigenvalue weighted by Crippen LogP contribution is 2.36. The SMILES string of the molecule is COc1cc(CN2CCC(C(=O)O)C2C)cc(Br)c1O. The van der Waals surface area contributed by atoms with E-state index in [9.17, 15) is 9.90 Å². The Morgan fingerprint density at radius 3 is 2.80 bits per heavy atom. The number of carboxylic acids is 1. The zero-order valence-corrected chi connectivity index (χ0v) is 13.1. The molecule has 1 heterocycles. The van der Waals surface area contributed by atoms with Crippen LogP contribution in [0, 0.1) is 5.92 Å². The monoisotopic (exact) mass is 343 g/mol. The third-order valence-electron chi connectivity index (χ3n) is 3.90. The molecule has 5 nitrogen and oxygen atoms in total. The van der Waals surface area contributed by atoms with Gasteiger partial charge in [0.2, 0.25) is 0 Å². The Bertz CT molecular complexity index is 520. The van der Waals surface area contributed by atoms with Gasteiger partial charge in [0.15, 0.2) is 11.5 Å². The summed E-state index contributed by atoms with van der Waals surface area (Å²) in [5.41, 5.74) is 0.976. The Balaban J connectivity index is 2.15. The molecule has 2 N–H and O–H groups in total. The first kappa shape index (κ1) is 15.1. The predicted octanol–water partition coefficient (Wildman–Crippen LogP) is 2.46. The molecule has 1 saturated heterocycles. The number of nitrogens with zero attached hydrogens (tertiary/aromatic N) is 1. The highest BCUT2D eigenvalue weighted by atomic mass is 79.9. The van der Waals surface area contributed by atoms with Gasteiger partial charge >= 0.3 is 5.97 Å². The van der Waals surface area contributed by atoms with Crippen molar-refractivity contribution in [3.05, 3.63) is 22.2 Å². The summed E-state index contributed by atoms with van der Waals surface area (Å²) in [5, 5.41) is 18.9. The number of aromatic hydroxyl groups is 1. The summed E-state index contributed by atoms with van der Waals surface area (Å²) in [5.74, 6) is -0.549. The van der Waals surface area contributed by atoms with Crippen LogP contribution in [-0.4, -0.2) is 40.8 Å². The van der Waals surface area contributed by atoms with Crippen molar-refractivity contribution in [2.24, 2.45) is 5.92 Å². The number of carbonyl (C=O) groups is 1. The molecule has 20 heavy (non-hydrogen) atoms. The second-order valence-electron chi connectivity index (χ2n) is 5.07. The van der Waals surface area contributed by atoms with Crippen molar-refractivity contribution in [3.8, 4) is 11.5 Å².